The lowest BCUT2D eigenvalue weighted by atomic mass is 10.2. The van der Waals surface area contributed by atoms with Gasteiger partial charge in [-0.1, -0.05) is 26.2 Å². The van der Waals surface area contributed by atoms with E-state index in [1.807, 2.05) is 6.92 Å². The first-order valence-corrected chi connectivity index (χ1v) is 6.32. The maximum atomic E-state index is 10.8. The average molecular weight is 230 g/mol. The monoisotopic (exact) mass is 230 g/mol. The van der Waals surface area contributed by atoms with E-state index in [4.69, 9.17) is 9.79 Å². The molecule has 0 aromatic heterocycles. The van der Waals surface area contributed by atoms with Gasteiger partial charge >= 0.3 is 7.60 Å². The number of hydrogen-bond acceptors (Lipinski definition) is 3. The first kappa shape index (κ1) is 12.8. The van der Waals surface area contributed by atoms with E-state index in [1.165, 1.54) is 0 Å². The first-order chi connectivity index (χ1) is 5.31. The Balaban J connectivity index is 3.97. The highest BCUT2D eigenvalue weighted by atomic mass is 32.2. The van der Waals surface area contributed by atoms with Crippen molar-refractivity contribution in [2.24, 2.45) is 0 Å². The molecule has 0 rings (SSSR count). The number of hydrogen-bond donors (Lipinski definition) is 4. The zero-order valence-electron chi connectivity index (χ0n) is 6.97. The molecule has 0 heterocycles. The molecule has 0 aromatic rings. The van der Waals surface area contributed by atoms with Gasteiger partial charge in [-0.2, -0.15) is 0 Å². The molecular formula is C6H15O3PS2. The molecule has 2 N–H and O–H groups in total. The fourth-order valence-electron chi connectivity index (χ4n) is 0.758. The first-order valence-electron chi connectivity index (χ1n) is 3.81. The SMILES string of the molecule is CCCCCC(S)(S)P(=O)(O)O. The minimum absolute atomic E-state index is 0.331. The smallest absolute Gasteiger partial charge is 0.323 e. The van der Waals surface area contributed by atoms with Gasteiger partial charge in [0.25, 0.3) is 0 Å². The topological polar surface area (TPSA) is 57.5 Å². The van der Waals surface area contributed by atoms with Crippen LogP contribution in [0.4, 0.5) is 0 Å². The van der Waals surface area contributed by atoms with Crippen molar-refractivity contribution >= 4 is 32.9 Å². The fraction of sp³-hybridized carbons (Fsp3) is 1.00. The Hall–Kier alpha value is 0.850. The van der Waals surface area contributed by atoms with Crippen molar-refractivity contribution in [3.05, 3.63) is 0 Å². The van der Waals surface area contributed by atoms with Gasteiger partial charge in [0.1, 0.15) is 0 Å². The summed E-state index contributed by atoms with van der Waals surface area (Å²) in [5.74, 6) is 0. The van der Waals surface area contributed by atoms with Crippen LogP contribution < -0.4 is 0 Å². The highest BCUT2D eigenvalue weighted by Gasteiger charge is 2.39. The molecule has 6 heteroatoms. The molecule has 0 aromatic carbocycles. The van der Waals surface area contributed by atoms with Gasteiger partial charge in [-0.05, 0) is 6.42 Å². The molecule has 74 valence electrons. The van der Waals surface area contributed by atoms with E-state index in [2.05, 4.69) is 25.3 Å². The summed E-state index contributed by atoms with van der Waals surface area (Å²) in [6.07, 6.45) is 3.04. The lowest BCUT2D eigenvalue weighted by Gasteiger charge is -2.23. The van der Waals surface area contributed by atoms with Gasteiger partial charge in [-0.3, -0.25) is 4.57 Å². The number of thiol groups is 2. The predicted octanol–water partition coefficient (Wildman–Crippen LogP) is 2.26. The van der Waals surface area contributed by atoms with E-state index < -0.39 is 11.4 Å². The van der Waals surface area contributed by atoms with Crippen LogP contribution in [-0.4, -0.2) is 13.6 Å². The standard InChI is InChI=1S/C6H15O3PS2/c1-2-3-4-5-6(11,12)10(7,8)9/h11-12H,2-5H2,1H3,(H2,7,8,9). The summed E-state index contributed by atoms with van der Waals surface area (Å²) >= 11 is 7.68. The van der Waals surface area contributed by atoms with Crippen molar-refractivity contribution in [3.63, 3.8) is 0 Å². The third-order valence-electron chi connectivity index (χ3n) is 1.58. The Morgan fingerprint density at radius 2 is 1.83 bits per heavy atom. The second-order valence-corrected chi connectivity index (χ2v) is 7.21. The summed E-state index contributed by atoms with van der Waals surface area (Å²) in [5, 5.41) is 0. The quantitative estimate of drug-likeness (QED) is 0.253. The van der Waals surface area contributed by atoms with E-state index in [-0.39, 0.29) is 0 Å². The molecule has 3 nitrogen and oxygen atoms in total. The Morgan fingerprint density at radius 3 is 2.17 bits per heavy atom. The van der Waals surface area contributed by atoms with E-state index in [9.17, 15) is 4.57 Å². The van der Waals surface area contributed by atoms with Crippen molar-refractivity contribution in [2.45, 2.75) is 36.4 Å². The molecule has 0 fully saturated rings. The summed E-state index contributed by atoms with van der Waals surface area (Å²) in [4.78, 5) is 17.6. The Morgan fingerprint density at radius 1 is 1.33 bits per heavy atom. The minimum Gasteiger partial charge on any atom is -0.323 e. The van der Waals surface area contributed by atoms with Crippen LogP contribution in [0.25, 0.3) is 0 Å². The van der Waals surface area contributed by atoms with Crippen molar-refractivity contribution < 1.29 is 14.4 Å². The summed E-state index contributed by atoms with van der Waals surface area (Å²) < 4.78 is 9.33. The van der Waals surface area contributed by atoms with Crippen molar-refractivity contribution in [2.75, 3.05) is 0 Å². The average Bonchev–Trinajstić information content (AvgIpc) is 1.85. The summed E-state index contributed by atoms with van der Waals surface area (Å²) in [7, 11) is -4.18. The Labute approximate surface area is 83.9 Å². The van der Waals surface area contributed by atoms with Crippen molar-refractivity contribution in [1.82, 2.24) is 0 Å². The van der Waals surface area contributed by atoms with Gasteiger partial charge in [-0.25, -0.2) is 0 Å². The number of unbranched alkanes of at least 4 members (excludes halogenated alkanes) is 2. The molecule has 0 saturated heterocycles. The summed E-state index contributed by atoms with van der Waals surface area (Å²) in [6.45, 7) is 2.02. The van der Waals surface area contributed by atoms with Gasteiger partial charge in [0, 0.05) is 0 Å². The van der Waals surface area contributed by atoms with Crippen LogP contribution in [0.5, 0.6) is 0 Å². The van der Waals surface area contributed by atoms with E-state index >= 15 is 0 Å². The molecule has 0 aliphatic carbocycles. The molecule has 0 spiro atoms. The maximum absolute atomic E-state index is 10.8. The lowest BCUT2D eigenvalue weighted by molar-refractivity contribution is 0.363. The van der Waals surface area contributed by atoms with Crippen LogP contribution in [-0.2, 0) is 4.57 Å². The van der Waals surface area contributed by atoms with Gasteiger partial charge in [0.15, 0.2) is 3.82 Å². The zero-order valence-corrected chi connectivity index (χ0v) is 9.66. The highest BCUT2D eigenvalue weighted by molar-refractivity contribution is 8.10. The van der Waals surface area contributed by atoms with Crippen molar-refractivity contribution in [3.8, 4) is 0 Å². The van der Waals surface area contributed by atoms with Crippen LogP contribution in [0.3, 0.4) is 0 Å². The lowest BCUT2D eigenvalue weighted by Crippen LogP contribution is -2.13. The third-order valence-corrected chi connectivity index (χ3v) is 4.75. The second-order valence-electron chi connectivity index (χ2n) is 2.78. The van der Waals surface area contributed by atoms with Crippen LogP contribution in [0.2, 0.25) is 0 Å². The molecule has 12 heavy (non-hydrogen) atoms. The molecule has 0 saturated carbocycles. The summed E-state index contributed by atoms with van der Waals surface area (Å²) in [5.41, 5.74) is 0. The molecule has 0 bridgehead atoms. The fourth-order valence-corrected chi connectivity index (χ4v) is 1.52. The van der Waals surface area contributed by atoms with Crippen LogP contribution in [0.1, 0.15) is 32.6 Å². The van der Waals surface area contributed by atoms with Crippen LogP contribution in [0.15, 0.2) is 0 Å². The van der Waals surface area contributed by atoms with Crippen LogP contribution in [0, 0.1) is 0 Å². The molecule has 0 amide bonds. The molecular weight excluding hydrogens is 215 g/mol. The summed E-state index contributed by atoms with van der Waals surface area (Å²) in [6, 6.07) is 0. The predicted molar refractivity (Wildman–Crippen MR) is 56.9 cm³/mol. The molecule has 0 unspecified atom stereocenters. The second kappa shape index (κ2) is 4.91. The van der Waals surface area contributed by atoms with Crippen LogP contribution >= 0.6 is 32.9 Å². The van der Waals surface area contributed by atoms with E-state index in [1.54, 1.807) is 0 Å². The van der Waals surface area contributed by atoms with E-state index in [0.29, 0.717) is 6.42 Å². The van der Waals surface area contributed by atoms with Gasteiger partial charge in [0.2, 0.25) is 0 Å². The largest absolute Gasteiger partial charge is 0.350 e. The zero-order chi connectivity index (χ0) is 9.83. The van der Waals surface area contributed by atoms with Gasteiger partial charge < -0.3 is 9.79 Å². The molecule has 0 atom stereocenters. The van der Waals surface area contributed by atoms with Gasteiger partial charge in [-0.15, -0.1) is 25.3 Å². The van der Waals surface area contributed by atoms with Gasteiger partial charge in [0.05, 0.1) is 0 Å². The Bertz CT molecular complexity index is 178. The number of rotatable bonds is 5. The molecule has 0 aliphatic heterocycles. The maximum Gasteiger partial charge on any atom is 0.350 e. The Kier molecular flexibility index (Phi) is 5.26. The van der Waals surface area contributed by atoms with Crippen molar-refractivity contribution in [1.29, 1.82) is 0 Å². The normalized spacial score (nSPS) is 13.4. The highest BCUT2D eigenvalue weighted by Crippen LogP contribution is 2.58. The molecule has 0 radical (unpaired) electrons. The van der Waals surface area contributed by atoms with E-state index in [0.717, 1.165) is 19.3 Å². The molecule has 0 aliphatic rings. The minimum atomic E-state index is -4.18. The third kappa shape index (κ3) is 4.19.